The Bertz CT molecular complexity index is 998. The average molecular weight is 374 g/mol. The summed E-state index contributed by atoms with van der Waals surface area (Å²) in [7, 11) is 0. The number of nitrogens with one attached hydrogen (secondary N) is 2. The van der Waals surface area contributed by atoms with Crippen LogP contribution in [0.5, 0.6) is 0 Å². The molecule has 1 amide bonds. The topological polar surface area (TPSA) is 74.8 Å². The first-order valence-corrected chi connectivity index (χ1v) is 9.64. The number of hydrogen-bond donors (Lipinski definition) is 2. The van der Waals surface area contributed by atoms with Crippen LogP contribution in [0.25, 0.3) is 10.2 Å². The number of carbonyl (C=O) groups excluding carboxylic acids is 1. The van der Waals surface area contributed by atoms with E-state index in [1.807, 2.05) is 45.9 Å². The number of rotatable bonds is 4. The van der Waals surface area contributed by atoms with E-state index in [4.69, 9.17) is 0 Å². The number of carbonyl (C=O) groups is 1. The lowest BCUT2D eigenvalue weighted by atomic mass is 10.1. The Morgan fingerprint density at radius 3 is 2.56 bits per heavy atom. The van der Waals surface area contributed by atoms with Gasteiger partial charge in [-0.1, -0.05) is 29.5 Å². The number of anilines is 1. The van der Waals surface area contributed by atoms with Gasteiger partial charge in [-0.2, -0.15) is 0 Å². The van der Waals surface area contributed by atoms with Gasteiger partial charge in [0.15, 0.2) is 5.16 Å². The Kier molecular flexibility index (Phi) is 4.96. The summed E-state index contributed by atoms with van der Waals surface area (Å²) in [4.78, 5) is 33.3. The molecule has 0 fully saturated rings. The summed E-state index contributed by atoms with van der Waals surface area (Å²) in [5.74, 6) is 0.0658. The normalized spacial score (nSPS) is 11.0. The highest BCUT2D eigenvalue weighted by molar-refractivity contribution is 7.99. The molecule has 3 rings (SSSR count). The average Bonchev–Trinajstić information content (AvgIpc) is 2.90. The fourth-order valence-electron chi connectivity index (χ4n) is 2.79. The van der Waals surface area contributed by atoms with E-state index in [2.05, 4.69) is 15.3 Å². The number of thiophene rings is 1. The standard InChI is InChI=1S/C18H19N3O2S2/c1-9-5-10(2)15(11(3)6-9)19-14(22)8-24-18-20-16(23)13-7-12(4)25-17(13)21-18/h5-7H,8H2,1-4H3,(H,19,22)(H,20,21,23). The minimum Gasteiger partial charge on any atom is -0.325 e. The molecule has 0 radical (unpaired) electrons. The van der Waals surface area contributed by atoms with Crippen LogP contribution in [0, 0.1) is 27.7 Å². The Labute approximate surface area is 153 Å². The van der Waals surface area contributed by atoms with Crippen LogP contribution in [-0.4, -0.2) is 21.6 Å². The predicted molar refractivity (Wildman–Crippen MR) is 105 cm³/mol. The van der Waals surface area contributed by atoms with Crippen molar-refractivity contribution < 1.29 is 4.79 Å². The SMILES string of the molecule is Cc1cc(C)c(NC(=O)CSc2nc3sc(C)cc3c(=O)[nH]2)c(C)c1. The van der Waals surface area contributed by atoms with Gasteiger partial charge in [-0.3, -0.25) is 9.59 Å². The fraction of sp³-hybridized carbons (Fsp3) is 0.278. The van der Waals surface area contributed by atoms with Crippen molar-refractivity contribution in [3.05, 3.63) is 50.1 Å². The molecule has 0 aliphatic rings. The van der Waals surface area contributed by atoms with E-state index in [1.54, 1.807) is 0 Å². The molecule has 2 N–H and O–H groups in total. The molecule has 3 aromatic rings. The van der Waals surface area contributed by atoms with Crippen molar-refractivity contribution >= 4 is 44.9 Å². The van der Waals surface area contributed by atoms with E-state index in [1.165, 1.54) is 28.7 Å². The molecule has 0 spiro atoms. The molecule has 0 aliphatic heterocycles. The fourth-order valence-corrected chi connectivity index (χ4v) is 4.39. The summed E-state index contributed by atoms with van der Waals surface area (Å²) in [6, 6.07) is 5.92. The highest BCUT2D eigenvalue weighted by atomic mass is 32.2. The van der Waals surface area contributed by atoms with Gasteiger partial charge in [0.1, 0.15) is 4.83 Å². The Morgan fingerprint density at radius 1 is 1.20 bits per heavy atom. The number of fused-ring (bicyclic) bond motifs is 1. The third-order valence-corrected chi connectivity index (χ3v) is 5.60. The maximum absolute atomic E-state index is 12.3. The Hall–Kier alpha value is -2.12. The van der Waals surface area contributed by atoms with E-state index in [-0.39, 0.29) is 17.2 Å². The molecule has 2 heterocycles. The molecule has 1 aromatic carbocycles. The van der Waals surface area contributed by atoms with Crippen LogP contribution in [0.3, 0.4) is 0 Å². The molecule has 0 atom stereocenters. The second-order valence-corrected chi connectivity index (χ2v) is 8.26. The summed E-state index contributed by atoms with van der Waals surface area (Å²) >= 11 is 2.71. The zero-order valence-electron chi connectivity index (χ0n) is 14.5. The molecule has 0 saturated carbocycles. The van der Waals surface area contributed by atoms with Crippen molar-refractivity contribution in [2.75, 3.05) is 11.1 Å². The van der Waals surface area contributed by atoms with E-state index >= 15 is 0 Å². The van der Waals surface area contributed by atoms with Gasteiger partial charge in [-0.15, -0.1) is 11.3 Å². The van der Waals surface area contributed by atoms with Crippen LogP contribution in [0.4, 0.5) is 5.69 Å². The monoisotopic (exact) mass is 373 g/mol. The van der Waals surface area contributed by atoms with Crippen molar-refractivity contribution in [1.29, 1.82) is 0 Å². The number of benzene rings is 1. The summed E-state index contributed by atoms with van der Waals surface area (Å²) in [6.07, 6.45) is 0. The minimum absolute atomic E-state index is 0.120. The number of aryl methyl sites for hydroxylation is 4. The van der Waals surface area contributed by atoms with Crippen LogP contribution in [0.2, 0.25) is 0 Å². The lowest BCUT2D eigenvalue weighted by Crippen LogP contribution is -2.17. The molecule has 2 aromatic heterocycles. The third kappa shape index (κ3) is 3.93. The lowest BCUT2D eigenvalue weighted by Gasteiger charge is -2.12. The first-order chi connectivity index (χ1) is 11.8. The molecule has 25 heavy (non-hydrogen) atoms. The third-order valence-electron chi connectivity index (χ3n) is 3.79. The van der Waals surface area contributed by atoms with Gasteiger partial charge >= 0.3 is 0 Å². The van der Waals surface area contributed by atoms with Crippen molar-refractivity contribution in [2.45, 2.75) is 32.9 Å². The lowest BCUT2D eigenvalue weighted by molar-refractivity contribution is -0.113. The smallest absolute Gasteiger partial charge is 0.260 e. The van der Waals surface area contributed by atoms with E-state index in [0.29, 0.717) is 15.4 Å². The summed E-state index contributed by atoms with van der Waals surface area (Å²) < 4.78 is 0. The molecule has 7 heteroatoms. The van der Waals surface area contributed by atoms with Gasteiger partial charge in [0.25, 0.3) is 5.56 Å². The summed E-state index contributed by atoms with van der Waals surface area (Å²) in [6.45, 7) is 7.94. The molecule has 0 unspecified atom stereocenters. The Morgan fingerprint density at radius 2 is 1.88 bits per heavy atom. The molecule has 5 nitrogen and oxygen atoms in total. The van der Waals surface area contributed by atoms with Crippen LogP contribution in [0.15, 0.2) is 28.2 Å². The molecule has 0 aliphatic carbocycles. The van der Waals surface area contributed by atoms with Crippen molar-refractivity contribution in [2.24, 2.45) is 0 Å². The molecular weight excluding hydrogens is 354 g/mol. The van der Waals surface area contributed by atoms with Gasteiger partial charge in [0.2, 0.25) is 5.91 Å². The van der Waals surface area contributed by atoms with E-state index < -0.39 is 0 Å². The van der Waals surface area contributed by atoms with Gasteiger partial charge in [-0.05, 0) is 44.9 Å². The minimum atomic E-state index is -0.164. The number of nitrogens with zero attached hydrogens (tertiary/aromatic N) is 1. The molecule has 0 bridgehead atoms. The highest BCUT2D eigenvalue weighted by Crippen LogP contribution is 2.24. The summed E-state index contributed by atoms with van der Waals surface area (Å²) in [5.41, 5.74) is 3.93. The molecule has 0 saturated heterocycles. The largest absolute Gasteiger partial charge is 0.325 e. The Balaban J connectivity index is 1.72. The van der Waals surface area contributed by atoms with Crippen LogP contribution in [0.1, 0.15) is 21.6 Å². The number of thioether (sulfide) groups is 1. The second kappa shape index (κ2) is 7.01. The zero-order valence-corrected chi connectivity index (χ0v) is 16.2. The van der Waals surface area contributed by atoms with Crippen molar-refractivity contribution in [3.8, 4) is 0 Å². The number of amides is 1. The van der Waals surface area contributed by atoms with Gasteiger partial charge in [0.05, 0.1) is 11.1 Å². The van der Waals surface area contributed by atoms with E-state index in [9.17, 15) is 9.59 Å². The second-order valence-electron chi connectivity index (χ2n) is 6.06. The van der Waals surface area contributed by atoms with Crippen molar-refractivity contribution in [3.63, 3.8) is 0 Å². The number of H-pyrrole nitrogens is 1. The number of aromatic amines is 1. The zero-order chi connectivity index (χ0) is 18.1. The van der Waals surface area contributed by atoms with Gasteiger partial charge < -0.3 is 10.3 Å². The molecular formula is C18H19N3O2S2. The molecule has 130 valence electrons. The number of aromatic nitrogens is 2. The maximum Gasteiger partial charge on any atom is 0.260 e. The summed E-state index contributed by atoms with van der Waals surface area (Å²) in [5, 5.41) is 4.02. The van der Waals surface area contributed by atoms with E-state index in [0.717, 1.165) is 21.7 Å². The van der Waals surface area contributed by atoms with Crippen LogP contribution >= 0.6 is 23.1 Å². The van der Waals surface area contributed by atoms with Crippen LogP contribution in [-0.2, 0) is 4.79 Å². The van der Waals surface area contributed by atoms with Gasteiger partial charge in [0, 0.05) is 10.6 Å². The van der Waals surface area contributed by atoms with Crippen molar-refractivity contribution in [1.82, 2.24) is 9.97 Å². The van der Waals surface area contributed by atoms with Crippen LogP contribution < -0.4 is 10.9 Å². The number of hydrogen-bond acceptors (Lipinski definition) is 5. The first kappa shape index (κ1) is 17.7. The highest BCUT2D eigenvalue weighted by Gasteiger charge is 2.11. The maximum atomic E-state index is 12.3. The van der Waals surface area contributed by atoms with Gasteiger partial charge in [-0.25, -0.2) is 4.98 Å². The quantitative estimate of drug-likeness (QED) is 0.536. The predicted octanol–water partition coefficient (Wildman–Crippen LogP) is 3.95. The first-order valence-electron chi connectivity index (χ1n) is 7.84.